The van der Waals surface area contributed by atoms with E-state index in [-0.39, 0.29) is 0 Å². The van der Waals surface area contributed by atoms with Gasteiger partial charge in [-0.25, -0.2) is 0 Å². The van der Waals surface area contributed by atoms with E-state index in [2.05, 4.69) is 5.32 Å². The predicted octanol–water partition coefficient (Wildman–Crippen LogP) is 1.66. The molecule has 0 saturated heterocycles. The van der Waals surface area contributed by atoms with E-state index in [1.54, 1.807) is 14.0 Å². The molecule has 1 rings (SSSR count). The second-order valence-electron chi connectivity index (χ2n) is 3.82. The number of methoxy groups -OCH3 is 1. The van der Waals surface area contributed by atoms with Gasteiger partial charge in [-0.05, 0) is 19.9 Å². The van der Waals surface area contributed by atoms with E-state index in [0.29, 0.717) is 24.7 Å². The zero-order valence-corrected chi connectivity index (χ0v) is 10.9. The van der Waals surface area contributed by atoms with Crippen LogP contribution in [0.3, 0.4) is 0 Å². The van der Waals surface area contributed by atoms with Crippen molar-refractivity contribution >= 4 is 5.97 Å². The van der Waals surface area contributed by atoms with Gasteiger partial charge in [-0.15, -0.1) is 0 Å². The highest BCUT2D eigenvalue weighted by atomic mass is 16.5. The summed E-state index contributed by atoms with van der Waals surface area (Å²) >= 11 is 0. The lowest BCUT2D eigenvalue weighted by Crippen LogP contribution is -2.33. The molecular weight excluding hydrogens is 234 g/mol. The Morgan fingerprint density at radius 2 is 2.22 bits per heavy atom. The first-order valence-corrected chi connectivity index (χ1v) is 5.85. The fourth-order valence-electron chi connectivity index (χ4n) is 1.52. The van der Waals surface area contributed by atoms with Gasteiger partial charge in [0.2, 0.25) is 0 Å². The van der Waals surface area contributed by atoms with Gasteiger partial charge < -0.3 is 19.9 Å². The minimum Gasteiger partial charge on any atom is -0.493 e. The van der Waals surface area contributed by atoms with Crippen LogP contribution in [0.15, 0.2) is 18.2 Å². The summed E-state index contributed by atoms with van der Waals surface area (Å²) in [5, 5.41) is 11.7. The molecule has 0 saturated carbocycles. The molecule has 1 atom stereocenters. The van der Waals surface area contributed by atoms with Crippen molar-refractivity contribution in [3.8, 4) is 11.5 Å². The number of hydrogen-bond donors (Lipinski definition) is 2. The molecule has 0 radical (unpaired) electrons. The minimum absolute atomic E-state index is 0.417. The molecule has 0 bridgehead atoms. The fraction of sp³-hybridized carbons (Fsp3) is 0.462. The molecule has 100 valence electrons. The molecule has 0 aliphatic carbocycles. The van der Waals surface area contributed by atoms with E-state index in [4.69, 9.17) is 14.6 Å². The predicted molar refractivity (Wildman–Crippen MR) is 68.1 cm³/mol. The maximum Gasteiger partial charge on any atom is 0.320 e. The lowest BCUT2D eigenvalue weighted by atomic mass is 10.1. The van der Waals surface area contributed by atoms with Gasteiger partial charge in [-0.1, -0.05) is 12.1 Å². The molecule has 1 aromatic carbocycles. The van der Waals surface area contributed by atoms with Crippen molar-refractivity contribution < 1.29 is 19.4 Å². The number of benzene rings is 1. The molecule has 0 spiro atoms. The Morgan fingerprint density at radius 1 is 1.50 bits per heavy atom. The molecule has 2 N–H and O–H groups in total. The third-order valence-electron chi connectivity index (χ3n) is 2.54. The van der Waals surface area contributed by atoms with Gasteiger partial charge >= 0.3 is 5.97 Å². The Hall–Kier alpha value is -1.75. The number of hydrogen-bond acceptors (Lipinski definition) is 4. The molecule has 0 aromatic heterocycles. The van der Waals surface area contributed by atoms with Crippen LogP contribution in [0.2, 0.25) is 0 Å². The highest BCUT2D eigenvalue weighted by Gasteiger charge is 2.13. The average Bonchev–Trinajstić information content (AvgIpc) is 2.37. The molecule has 0 amide bonds. The van der Waals surface area contributed by atoms with Crippen molar-refractivity contribution in [2.45, 2.75) is 26.4 Å². The number of aliphatic carboxylic acids is 1. The molecule has 5 heteroatoms. The van der Waals surface area contributed by atoms with Crippen LogP contribution in [0.4, 0.5) is 0 Å². The quantitative estimate of drug-likeness (QED) is 0.773. The van der Waals surface area contributed by atoms with E-state index < -0.39 is 12.0 Å². The van der Waals surface area contributed by atoms with Crippen molar-refractivity contribution in [2.75, 3.05) is 13.7 Å². The molecule has 18 heavy (non-hydrogen) atoms. The Labute approximate surface area is 107 Å². The van der Waals surface area contributed by atoms with Crippen molar-refractivity contribution in [2.24, 2.45) is 0 Å². The molecule has 0 unspecified atom stereocenters. The second-order valence-corrected chi connectivity index (χ2v) is 3.82. The van der Waals surface area contributed by atoms with Gasteiger partial charge in [0.15, 0.2) is 11.5 Å². The number of carboxylic acids is 1. The van der Waals surface area contributed by atoms with E-state index in [0.717, 1.165) is 5.56 Å². The van der Waals surface area contributed by atoms with Crippen LogP contribution < -0.4 is 14.8 Å². The van der Waals surface area contributed by atoms with Crippen LogP contribution in [0.25, 0.3) is 0 Å². The summed E-state index contributed by atoms with van der Waals surface area (Å²) in [6.07, 6.45) is 0. The van der Waals surface area contributed by atoms with Crippen molar-refractivity contribution in [1.29, 1.82) is 0 Å². The standard InChI is InChI=1S/C13H19NO4/c1-4-18-12-10(6-5-7-11(12)17-3)8-14-9(2)13(15)16/h5-7,9,14H,4,8H2,1-3H3,(H,15,16)/t9-/m1/s1. The van der Waals surface area contributed by atoms with Gasteiger partial charge in [-0.3, -0.25) is 4.79 Å². The first-order chi connectivity index (χ1) is 8.60. The van der Waals surface area contributed by atoms with Crippen LogP contribution in [0.1, 0.15) is 19.4 Å². The normalized spacial score (nSPS) is 11.9. The largest absolute Gasteiger partial charge is 0.493 e. The summed E-state index contributed by atoms with van der Waals surface area (Å²) in [5.41, 5.74) is 0.879. The first kappa shape index (κ1) is 14.3. The van der Waals surface area contributed by atoms with E-state index in [9.17, 15) is 4.79 Å². The smallest absolute Gasteiger partial charge is 0.320 e. The van der Waals surface area contributed by atoms with Crippen molar-refractivity contribution in [3.05, 3.63) is 23.8 Å². The van der Waals surface area contributed by atoms with Gasteiger partial charge in [-0.2, -0.15) is 0 Å². The zero-order valence-electron chi connectivity index (χ0n) is 10.9. The number of para-hydroxylation sites is 1. The third kappa shape index (κ3) is 3.63. The van der Waals surface area contributed by atoms with Gasteiger partial charge in [0.25, 0.3) is 0 Å². The Kier molecular flexibility index (Phi) is 5.45. The summed E-state index contributed by atoms with van der Waals surface area (Å²) in [4.78, 5) is 10.7. The number of carbonyl (C=O) groups is 1. The Balaban J connectivity index is 2.83. The van der Waals surface area contributed by atoms with E-state index in [1.807, 2.05) is 25.1 Å². The summed E-state index contributed by atoms with van der Waals surface area (Å²) in [6.45, 7) is 4.44. The highest BCUT2D eigenvalue weighted by Crippen LogP contribution is 2.30. The second kappa shape index (κ2) is 6.86. The highest BCUT2D eigenvalue weighted by molar-refractivity contribution is 5.72. The van der Waals surface area contributed by atoms with Gasteiger partial charge in [0.05, 0.1) is 13.7 Å². The SMILES string of the molecule is CCOc1c(CN[C@H](C)C(=O)O)cccc1OC. The number of ether oxygens (including phenoxy) is 2. The van der Waals surface area contributed by atoms with Crippen LogP contribution in [0.5, 0.6) is 11.5 Å². The minimum atomic E-state index is -0.879. The lowest BCUT2D eigenvalue weighted by molar-refractivity contribution is -0.139. The summed E-state index contributed by atoms with van der Waals surface area (Å²) in [5.74, 6) is 0.433. The molecule has 0 aliphatic heterocycles. The summed E-state index contributed by atoms with van der Waals surface area (Å²) in [6, 6.07) is 4.94. The Morgan fingerprint density at radius 3 is 2.78 bits per heavy atom. The van der Waals surface area contributed by atoms with E-state index >= 15 is 0 Å². The van der Waals surface area contributed by atoms with Crippen molar-refractivity contribution in [3.63, 3.8) is 0 Å². The van der Waals surface area contributed by atoms with Crippen LogP contribution in [-0.4, -0.2) is 30.8 Å². The number of nitrogens with one attached hydrogen (secondary N) is 1. The number of rotatable bonds is 7. The molecule has 1 aromatic rings. The maximum absolute atomic E-state index is 10.7. The molecule has 0 aliphatic rings. The topological polar surface area (TPSA) is 67.8 Å². The lowest BCUT2D eigenvalue weighted by Gasteiger charge is -2.15. The summed E-state index contributed by atoms with van der Waals surface area (Å²) < 4.78 is 10.8. The maximum atomic E-state index is 10.7. The van der Waals surface area contributed by atoms with Crippen molar-refractivity contribution in [1.82, 2.24) is 5.32 Å². The average molecular weight is 253 g/mol. The zero-order chi connectivity index (χ0) is 13.5. The first-order valence-electron chi connectivity index (χ1n) is 5.85. The monoisotopic (exact) mass is 253 g/mol. The van der Waals surface area contributed by atoms with Crippen LogP contribution in [-0.2, 0) is 11.3 Å². The molecule has 0 heterocycles. The Bertz CT molecular complexity index is 406. The van der Waals surface area contributed by atoms with Gasteiger partial charge in [0, 0.05) is 12.1 Å². The molecular formula is C13H19NO4. The molecule has 0 fully saturated rings. The summed E-state index contributed by atoms with van der Waals surface area (Å²) in [7, 11) is 1.58. The van der Waals surface area contributed by atoms with Crippen LogP contribution in [0, 0.1) is 0 Å². The molecule has 5 nitrogen and oxygen atoms in total. The number of carboxylic acid groups (broad SMARTS) is 1. The van der Waals surface area contributed by atoms with Gasteiger partial charge in [0.1, 0.15) is 6.04 Å². The van der Waals surface area contributed by atoms with E-state index in [1.165, 1.54) is 0 Å². The third-order valence-corrected chi connectivity index (χ3v) is 2.54. The fourth-order valence-corrected chi connectivity index (χ4v) is 1.52. The van der Waals surface area contributed by atoms with Crippen LogP contribution >= 0.6 is 0 Å².